The van der Waals surface area contributed by atoms with Gasteiger partial charge < -0.3 is 34.3 Å². The van der Waals surface area contributed by atoms with Gasteiger partial charge in [0.15, 0.2) is 12.4 Å². The van der Waals surface area contributed by atoms with Crippen LogP contribution in [0.5, 0.6) is 0 Å². The van der Waals surface area contributed by atoms with E-state index in [4.69, 9.17) is 18.9 Å². The Labute approximate surface area is 332 Å². The number of aliphatic hydroxyl groups excluding tert-OH is 3. The van der Waals surface area contributed by atoms with Crippen LogP contribution in [0.2, 0.25) is 0 Å². The maximum Gasteiger partial charge on any atom is 0.306 e. The average molecular weight is 805 g/mol. The van der Waals surface area contributed by atoms with E-state index in [1.165, 1.54) is 70.6 Å². The lowest BCUT2D eigenvalue weighted by Gasteiger charge is -2.40. The standard InChI is InChI=1S/C42H76O12S/c1-3-5-7-9-11-13-15-17-19-21-23-25-27-29-31-38(44)53-35(33-52-42-41(47)40(46)39(45)36(54-42)34-55(48,49)50)32-51-37(43)30-28-26-24-22-20-18-16-14-12-10-8-6-4-2/h9,11,15,17,35-36,39-42,45-47H,3-8,10,12-14,16,18-34H2,1-2H3,(H,48,49,50)/b11-9+,17-15+/t35-,36-,39-,40?,41?,42+/m1/s1. The molecule has 2 unspecified atom stereocenters. The average Bonchev–Trinajstić information content (AvgIpc) is 3.14. The fourth-order valence-corrected chi connectivity index (χ4v) is 7.09. The predicted molar refractivity (Wildman–Crippen MR) is 215 cm³/mol. The number of rotatable bonds is 35. The summed E-state index contributed by atoms with van der Waals surface area (Å²) in [4.78, 5) is 25.3. The predicted octanol–water partition coefficient (Wildman–Crippen LogP) is 8.06. The summed E-state index contributed by atoms with van der Waals surface area (Å²) in [6.45, 7) is 3.70. The van der Waals surface area contributed by atoms with Crippen molar-refractivity contribution >= 4 is 22.1 Å². The van der Waals surface area contributed by atoms with E-state index < -0.39 is 71.2 Å². The highest BCUT2D eigenvalue weighted by Crippen LogP contribution is 2.24. The molecule has 1 rings (SSSR count). The van der Waals surface area contributed by atoms with Gasteiger partial charge in [-0.15, -0.1) is 0 Å². The molecular weight excluding hydrogens is 729 g/mol. The van der Waals surface area contributed by atoms with E-state index in [-0.39, 0.29) is 19.4 Å². The lowest BCUT2D eigenvalue weighted by atomic mass is 10.00. The maximum atomic E-state index is 12.8. The third kappa shape index (κ3) is 28.2. The summed E-state index contributed by atoms with van der Waals surface area (Å²) in [6, 6.07) is 0. The van der Waals surface area contributed by atoms with Crippen molar-refractivity contribution in [3.05, 3.63) is 24.3 Å². The Morgan fingerprint density at radius 1 is 0.618 bits per heavy atom. The number of carbonyl (C=O) groups is 2. The first kappa shape index (κ1) is 51.1. The minimum absolute atomic E-state index is 0.150. The third-order valence-electron chi connectivity index (χ3n) is 9.78. The Kier molecular flexibility index (Phi) is 30.8. The Balaban J connectivity index is 2.49. The zero-order valence-electron chi connectivity index (χ0n) is 34.0. The number of aliphatic hydroxyl groups is 3. The molecule has 1 aliphatic heterocycles. The number of hydrogen-bond acceptors (Lipinski definition) is 11. The summed E-state index contributed by atoms with van der Waals surface area (Å²) in [7, 11) is -4.60. The van der Waals surface area contributed by atoms with Gasteiger partial charge in [0.25, 0.3) is 10.1 Å². The number of esters is 2. The first-order valence-electron chi connectivity index (χ1n) is 21.4. The molecular formula is C42H76O12S. The minimum Gasteiger partial charge on any atom is -0.462 e. The summed E-state index contributed by atoms with van der Waals surface area (Å²) in [5, 5.41) is 30.8. The molecule has 1 aliphatic rings. The van der Waals surface area contributed by atoms with E-state index in [9.17, 15) is 37.9 Å². The summed E-state index contributed by atoms with van der Waals surface area (Å²) in [6.07, 6.45) is 25.1. The molecule has 1 heterocycles. The SMILES string of the molecule is CCCC/C=C/C/C=C/CCCCCCCC(=O)O[C@H](COC(=O)CCCCCCCCCCCCCCC)CO[C@H]1O[C@H](CS(=O)(=O)O)[C@@H](O)C(O)C1O. The number of carbonyl (C=O) groups excluding carboxylic acids is 2. The Morgan fingerprint density at radius 3 is 1.65 bits per heavy atom. The molecule has 0 saturated carbocycles. The Bertz CT molecular complexity index is 1130. The van der Waals surface area contributed by atoms with Crippen LogP contribution in [0.3, 0.4) is 0 Å². The molecule has 0 spiro atoms. The molecule has 0 radical (unpaired) electrons. The smallest absolute Gasteiger partial charge is 0.306 e. The summed E-state index contributed by atoms with van der Waals surface area (Å²) < 4.78 is 53.9. The van der Waals surface area contributed by atoms with Crippen LogP contribution in [0.1, 0.15) is 174 Å². The largest absolute Gasteiger partial charge is 0.462 e. The molecule has 0 bridgehead atoms. The highest BCUT2D eigenvalue weighted by Gasteiger charge is 2.46. The van der Waals surface area contributed by atoms with Crippen LogP contribution in [0.25, 0.3) is 0 Å². The van der Waals surface area contributed by atoms with Crippen LogP contribution in [0.15, 0.2) is 24.3 Å². The van der Waals surface area contributed by atoms with E-state index in [1.54, 1.807) is 0 Å². The van der Waals surface area contributed by atoms with Gasteiger partial charge in [-0.05, 0) is 38.5 Å². The van der Waals surface area contributed by atoms with Gasteiger partial charge in [0, 0.05) is 12.8 Å². The molecule has 322 valence electrons. The van der Waals surface area contributed by atoms with Crippen molar-refractivity contribution in [1.29, 1.82) is 0 Å². The fourth-order valence-electron chi connectivity index (χ4n) is 6.40. The van der Waals surface area contributed by atoms with Crippen molar-refractivity contribution in [3.63, 3.8) is 0 Å². The number of unbranched alkanes of at least 4 members (excludes halogenated alkanes) is 19. The quantitative estimate of drug-likeness (QED) is 0.0209. The molecule has 1 fully saturated rings. The van der Waals surface area contributed by atoms with Crippen LogP contribution < -0.4 is 0 Å². The molecule has 0 aromatic carbocycles. The van der Waals surface area contributed by atoms with Crippen LogP contribution >= 0.6 is 0 Å². The summed E-state index contributed by atoms with van der Waals surface area (Å²) >= 11 is 0. The van der Waals surface area contributed by atoms with Crippen LogP contribution in [-0.4, -0.2) is 96.0 Å². The second kappa shape index (κ2) is 33.1. The molecule has 1 saturated heterocycles. The van der Waals surface area contributed by atoms with Crippen molar-refractivity contribution < 1.29 is 56.8 Å². The highest BCUT2D eigenvalue weighted by atomic mass is 32.2. The van der Waals surface area contributed by atoms with Crippen molar-refractivity contribution in [1.82, 2.24) is 0 Å². The van der Waals surface area contributed by atoms with Gasteiger partial charge in [0.1, 0.15) is 36.8 Å². The third-order valence-corrected chi connectivity index (χ3v) is 10.5. The van der Waals surface area contributed by atoms with E-state index in [0.29, 0.717) is 12.8 Å². The maximum absolute atomic E-state index is 12.8. The summed E-state index contributed by atoms with van der Waals surface area (Å²) in [5.41, 5.74) is 0. The first-order chi connectivity index (χ1) is 26.5. The molecule has 55 heavy (non-hydrogen) atoms. The summed E-state index contributed by atoms with van der Waals surface area (Å²) in [5.74, 6) is -2.00. The molecule has 13 heteroatoms. The van der Waals surface area contributed by atoms with Crippen LogP contribution in [-0.2, 0) is 38.7 Å². The molecule has 12 nitrogen and oxygen atoms in total. The molecule has 6 atom stereocenters. The normalized spacial score (nSPS) is 21.0. The van der Waals surface area contributed by atoms with Gasteiger partial charge in [-0.1, -0.05) is 147 Å². The van der Waals surface area contributed by atoms with Gasteiger partial charge in [-0.3, -0.25) is 14.1 Å². The van der Waals surface area contributed by atoms with Gasteiger partial charge in [-0.2, -0.15) is 8.42 Å². The molecule has 0 aromatic heterocycles. The number of hydrogen-bond donors (Lipinski definition) is 4. The van der Waals surface area contributed by atoms with E-state index in [0.717, 1.165) is 64.2 Å². The zero-order chi connectivity index (χ0) is 40.6. The van der Waals surface area contributed by atoms with E-state index in [1.807, 2.05) is 0 Å². The topological polar surface area (TPSA) is 186 Å². The van der Waals surface area contributed by atoms with Crippen molar-refractivity contribution in [3.8, 4) is 0 Å². The first-order valence-corrected chi connectivity index (χ1v) is 23.0. The van der Waals surface area contributed by atoms with Crippen molar-refractivity contribution in [2.24, 2.45) is 0 Å². The lowest BCUT2D eigenvalue weighted by Crippen LogP contribution is -2.60. The molecule has 4 N–H and O–H groups in total. The second-order valence-corrected chi connectivity index (χ2v) is 16.5. The highest BCUT2D eigenvalue weighted by molar-refractivity contribution is 7.85. The van der Waals surface area contributed by atoms with Crippen LogP contribution in [0, 0.1) is 0 Å². The number of ether oxygens (including phenoxy) is 4. The van der Waals surface area contributed by atoms with Gasteiger partial charge in [0.2, 0.25) is 0 Å². The monoisotopic (exact) mass is 805 g/mol. The van der Waals surface area contributed by atoms with Gasteiger partial charge >= 0.3 is 11.9 Å². The van der Waals surface area contributed by atoms with Crippen LogP contribution in [0.4, 0.5) is 0 Å². The molecule has 0 aliphatic carbocycles. The fraction of sp³-hybridized carbons (Fsp3) is 0.857. The van der Waals surface area contributed by atoms with E-state index in [2.05, 4.69) is 38.2 Å². The van der Waals surface area contributed by atoms with Crippen molar-refractivity contribution in [2.75, 3.05) is 19.0 Å². The lowest BCUT2D eigenvalue weighted by molar-refractivity contribution is -0.297. The molecule has 0 amide bonds. The van der Waals surface area contributed by atoms with E-state index >= 15 is 0 Å². The Morgan fingerprint density at radius 2 is 1.11 bits per heavy atom. The zero-order valence-corrected chi connectivity index (χ0v) is 34.9. The Hall–Kier alpha value is -1.87. The molecule has 0 aromatic rings. The van der Waals surface area contributed by atoms with Crippen molar-refractivity contribution in [2.45, 2.75) is 211 Å². The number of allylic oxidation sites excluding steroid dienone is 4. The van der Waals surface area contributed by atoms with Gasteiger partial charge in [0.05, 0.1) is 6.61 Å². The second-order valence-electron chi connectivity index (χ2n) is 15.0. The van der Waals surface area contributed by atoms with Gasteiger partial charge in [-0.25, -0.2) is 0 Å². The minimum atomic E-state index is -4.60.